The third kappa shape index (κ3) is 4.27. The van der Waals surface area contributed by atoms with Crippen molar-refractivity contribution in [3.63, 3.8) is 0 Å². The van der Waals surface area contributed by atoms with Crippen molar-refractivity contribution in [2.75, 3.05) is 39.3 Å². The van der Waals surface area contributed by atoms with Gasteiger partial charge in [0.1, 0.15) is 0 Å². The Hall–Kier alpha value is -0.970. The molecule has 20 heavy (non-hydrogen) atoms. The first-order valence-corrected chi connectivity index (χ1v) is 7.90. The summed E-state index contributed by atoms with van der Waals surface area (Å²) in [7, 11) is 0. The minimum atomic E-state index is 0.170. The summed E-state index contributed by atoms with van der Waals surface area (Å²) in [5.41, 5.74) is 7.19. The number of nitrogens with two attached hydrogens (primary N) is 1. The fourth-order valence-corrected chi connectivity index (χ4v) is 3.03. The van der Waals surface area contributed by atoms with Gasteiger partial charge in [-0.1, -0.05) is 49.5 Å². The van der Waals surface area contributed by atoms with Crippen molar-refractivity contribution in [3.8, 4) is 0 Å². The maximum Gasteiger partial charge on any atom is 0.0816 e. The van der Waals surface area contributed by atoms with Gasteiger partial charge in [-0.2, -0.15) is 0 Å². The molecule has 0 amide bonds. The van der Waals surface area contributed by atoms with Gasteiger partial charge in [0.15, 0.2) is 0 Å². The van der Waals surface area contributed by atoms with E-state index in [1.54, 1.807) is 0 Å². The molecular weight excluding hydrogens is 266 g/mol. The maximum atomic E-state index is 5.96. The van der Waals surface area contributed by atoms with E-state index in [0.717, 1.165) is 32.7 Å². The lowest BCUT2D eigenvalue weighted by Crippen LogP contribution is -2.48. The van der Waals surface area contributed by atoms with Crippen LogP contribution in [0.4, 0.5) is 0 Å². The maximum absolute atomic E-state index is 5.96. The second kappa shape index (κ2) is 7.72. The summed E-state index contributed by atoms with van der Waals surface area (Å²) in [6.07, 6.45) is 1.24. The Bertz CT molecular complexity index is 413. The quantitative estimate of drug-likeness (QED) is 0.814. The third-order valence-corrected chi connectivity index (χ3v) is 4.28. The second-order valence-electron chi connectivity index (χ2n) is 5.51. The van der Waals surface area contributed by atoms with E-state index in [2.05, 4.69) is 41.0 Å². The van der Waals surface area contributed by atoms with Crippen LogP contribution < -0.4 is 5.73 Å². The van der Waals surface area contributed by atoms with Crippen molar-refractivity contribution in [2.24, 2.45) is 5.73 Å². The van der Waals surface area contributed by atoms with E-state index >= 15 is 0 Å². The van der Waals surface area contributed by atoms with E-state index in [1.807, 2.05) is 6.07 Å². The Morgan fingerprint density at radius 1 is 1.15 bits per heavy atom. The Kier molecular flexibility index (Phi) is 5.95. The predicted octanol–water partition coefficient (Wildman–Crippen LogP) is 2.08. The fraction of sp³-hybridized carbons (Fsp3) is 0.562. The molecule has 1 aromatic carbocycles. The molecule has 1 heterocycles. The van der Waals surface area contributed by atoms with Crippen LogP contribution >= 0.6 is 12.2 Å². The average Bonchev–Trinajstić information content (AvgIpc) is 2.47. The van der Waals surface area contributed by atoms with E-state index < -0.39 is 0 Å². The van der Waals surface area contributed by atoms with E-state index in [4.69, 9.17) is 18.0 Å². The molecule has 1 aromatic rings. The normalized spacial score (nSPS) is 18.9. The van der Waals surface area contributed by atoms with Crippen molar-refractivity contribution < 1.29 is 0 Å². The van der Waals surface area contributed by atoms with Gasteiger partial charge in [-0.25, -0.2) is 0 Å². The molecule has 3 nitrogen and oxygen atoms in total. The molecule has 1 atom stereocenters. The molecule has 0 bridgehead atoms. The van der Waals surface area contributed by atoms with Crippen LogP contribution in [0.2, 0.25) is 0 Å². The van der Waals surface area contributed by atoms with E-state index in [0.29, 0.717) is 4.99 Å². The van der Waals surface area contributed by atoms with Gasteiger partial charge in [-0.05, 0) is 18.5 Å². The average molecular weight is 291 g/mol. The third-order valence-electron chi connectivity index (χ3n) is 3.99. The molecule has 0 aromatic heterocycles. The highest BCUT2D eigenvalue weighted by Crippen LogP contribution is 2.18. The molecule has 2 N–H and O–H groups in total. The predicted molar refractivity (Wildman–Crippen MR) is 89.1 cm³/mol. The van der Waals surface area contributed by atoms with Gasteiger partial charge >= 0.3 is 0 Å². The summed E-state index contributed by atoms with van der Waals surface area (Å²) in [6.45, 7) is 8.95. The van der Waals surface area contributed by atoms with Crippen LogP contribution in [0, 0.1) is 0 Å². The van der Waals surface area contributed by atoms with Crippen LogP contribution in [0.3, 0.4) is 0 Å². The number of rotatable bonds is 6. The smallest absolute Gasteiger partial charge is 0.0816 e. The molecule has 4 heteroatoms. The van der Waals surface area contributed by atoms with E-state index in [1.165, 1.54) is 18.5 Å². The molecule has 1 saturated heterocycles. The molecule has 1 aliphatic heterocycles. The lowest BCUT2D eigenvalue weighted by molar-refractivity contribution is 0.132. The molecule has 1 unspecified atom stereocenters. The summed E-state index contributed by atoms with van der Waals surface area (Å²) >= 11 is 5.27. The van der Waals surface area contributed by atoms with Crippen molar-refractivity contribution in [2.45, 2.75) is 19.3 Å². The van der Waals surface area contributed by atoms with E-state index in [-0.39, 0.29) is 5.92 Å². The zero-order valence-corrected chi connectivity index (χ0v) is 13.1. The first-order chi connectivity index (χ1) is 9.70. The molecule has 2 rings (SSSR count). The molecule has 1 fully saturated rings. The van der Waals surface area contributed by atoms with Crippen molar-refractivity contribution in [1.29, 1.82) is 0 Å². The molecule has 0 radical (unpaired) electrons. The molecule has 0 saturated carbocycles. The van der Waals surface area contributed by atoms with Gasteiger partial charge in [-0.3, -0.25) is 4.90 Å². The highest BCUT2D eigenvalue weighted by molar-refractivity contribution is 7.80. The Balaban J connectivity index is 1.92. The van der Waals surface area contributed by atoms with Crippen LogP contribution in [0.5, 0.6) is 0 Å². The molecular formula is C16H25N3S. The Morgan fingerprint density at radius 3 is 2.30 bits per heavy atom. The van der Waals surface area contributed by atoms with Crippen molar-refractivity contribution >= 4 is 17.2 Å². The minimum absolute atomic E-state index is 0.170. The van der Waals surface area contributed by atoms with Gasteiger partial charge in [0.2, 0.25) is 0 Å². The van der Waals surface area contributed by atoms with Crippen molar-refractivity contribution in [3.05, 3.63) is 35.9 Å². The summed E-state index contributed by atoms with van der Waals surface area (Å²) in [4.78, 5) is 5.63. The topological polar surface area (TPSA) is 32.5 Å². The SMILES string of the molecule is CCCN1CCN(CC(C(N)=S)c2ccccc2)CC1. The first kappa shape index (κ1) is 15.4. The van der Waals surface area contributed by atoms with Gasteiger partial charge in [0.05, 0.1) is 4.99 Å². The van der Waals surface area contributed by atoms with Gasteiger partial charge in [0, 0.05) is 38.6 Å². The summed E-state index contributed by atoms with van der Waals surface area (Å²) in [6, 6.07) is 10.4. The molecule has 0 aliphatic carbocycles. The Morgan fingerprint density at radius 2 is 1.75 bits per heavy atom. The van der Waals surface area contributed by atoms with E-state index in [9.17, 15) is 0 Å². The largest absolute Gasteiger partial charge is 0.393 e. The van der Waals surface area contributed by atoms with Gasteiger partial charge in [0.25, 0.3) is 0 Å². The van der Waals surface area contributed by atoms with Crippen LogP contribution in [0.25, 0.3) is 0 Å². The van der Waals surface area contributed by atoms with Crippen LogP contribution in [0.15, 0.2) is 30.3 Å². The summed E-state index contributed by atoms with van der Waals surface area (Å²) < 4.78 is 0. The van der Waals surface area contributed by atoms with Gasteiger partial charge in [-0.15, -0.1) is 0 Å². The summed E-state index contributed by atoms with van der Waals surface area (Å²) in [5, 5.41) is 0. The second-order valence-corrected chi connectivity index (χ2v) is 5.98. The number of thiocarbonyl (C=S) groups is 1. The first-order valence-electron chi connectivity index (χ1n) is 7.49. The monoisotopic (exact) mass is 291 g/mol. The highest BCUT2D eigenvalue weighted by Gasteiger charge is 2.22. The molecule has 110 valence electrons. The standard InChI is InChI=1S/C16H25N3S/c1-2-8-18-9-11-19(12-10-18)13-15(16(17)20)14-6-4-3-5-7-14/h3-7,15H,2,8-13H2,1H3,(H2,17,20). The number of hydrogen-bond donors (Lipinski definition) is 1. The molecule has 0 spiro atoms. The highest BCUT2D eigenvalue weighted by atomic mass is 32.1. The fourth-order valence-electron chi connectivity index (χ4n) is 2.81. The number of hydrogen-bond acceptors (Lipinski definition) is 3. The number of benzene rings is 1. The number of nitrogens with zero attached hydrogens (tertiary/aromatic N) is 2. The summed E-state index contributed by atoms with van der Waals surface area (Å²) in [5.74, 6) is 0.170. The van der Waals surface area contributed by atoms with Crippen LogP contribution in [-0.2, 0) is 0 Å². The number of piperazine rings is 1. The van der Waals surface area contributed by atoms with Crippen LogP contribution in [0.1, 0.15) is 24.8 Å². The zero-order valence-electron chi connectivity index (χ0n) is 12.3. The van der Waals surface area contributed by atoms with Gasteiger partial charge < -0.3 is 10.6 Å². The molecule has 1 aliphatic rings. The lowest BCUT2D eigenvalue weighted by atomic mass is 9.98. The van der Waals surface area contributed by atoms with Crippen molar-refractivity contribution in [1.82, 2.24) is 9.80 Å². The van der Waals surface area contributed by atoms with Crippen LogP contribution in [-0.4, -0.2) is 54.1 Å². The Labute approximate surface area is 127 Å². The lowest BCUT2D eigenvalue weighted by Gasteiger charge is -2.36. The zero-order chi connectivity index (χ0) is 14.4. The minimum Gasteiger partial charge on any atom is -0.393 e.